The minimum atomic E-state index is -0.306. The van der Waals surface area contributed by atoms with Crippen LogP contribution >= 0.6 is 0 Å². The van der Waals surface area contributed by atoms with Gasteiger partial charge in [-0.2, -0.15) is 0 Å². The lowest BCUT2D eigenvalue weighted by Crippen LogP contribution is -2.28. The molecule has 0 radical (unpaired) electrons. The summed E-state index contributed by atoms with van der Waals surface area (Å²) in [5.41, 5.74) is 4.10. The molecule has 0 spiro atoms. The molecule has 0 aliphatic rings. The number of rotatable bonds is 9. The van der Waals surface area contributed by atoms with Crippen LogP contribution in [0.1, 0.15) is 35.8 Å². The number of nitrogens with zero attached hydrogens (tertiary/aromatic N) is 3. The summed E-state index contributed by atoms with van der Waals surface area (Å²) < 4.78 is 5.47. The Hall–Kier alpha value is -4.99. The van der Waals surface area contributed by atoms with Gasteiger partial charge in [-0.1, -0.05) is 18.2 Å². The van der Waals surface area contributed by atoms with Gasteiger partial charge in [0.05, 0.1) is 42.5 Å². The second kappa shape index (κ2) is 12.3. The van der Waals surface area contributed by atoms with E-state index in [0.29, 0.717) is 40.7 Å². The van der Waals surface area contributed by atoms with Crippen LogP contribution in [-0.4, -0.2) is 40.5 Å². The van der Waals surface area contributed by atoms with E-state index in [-0.39, 0.29) is 18.0 Å². The molecule has 4 N–H and O–H groups in total. The first-order chi connectivity index (χ1) is 18.5. The number of hydrogen-bond acceptors (Lipinski definition) is 7. The summed E-state index contributed by atoms with van der Waals surface area (Å²) in [6.07, 6.45) is 6.46. The van der Waals surface area contributed by atoms with Crippen molar-refractivity contribution in [3.8, 4) is 17.0 Å². The molecule has 10 heteroatoms. The molecule has 0 bridgehead atoms. The average Bonchev–Trinajstić information content (AvgIpc) is 2.94. The average molecular weight is 512 g/mol. The fourth-order valence-electron chi connectivity index (χ4n) is 3.75. The molecule has 194 valence electrons. The smallest absolute Gasteiger partial charge is 0.319 e. The van der Waals surface area contributed by atoms with Crippen LogP contribution in [0.4, 0.5) is 22.0 Å². The van der Waals surface area contributed by atoms with Gasteiger partial charge in [-0.15, -0.1) is 0 Å². The van der Waals surface area contributed by atoms with Crippen molar-refractivity contribution in [1.82, 2.24) is 20.3 Å². The molecular formula is C28H29N7O3. The van der Waals surface area contributed by atoms with Crippen LogP contribution < -0.4 is 26.0 Å². The molecule has 0 saturated heterocycles. The lowest BCUT2D eigenvalue weighted by Gasteiger charge is -2.17. The topological polar surface area (TPSA) is 130 Å². The van der Waals surface area contributed by atoms with Gasteiger partial charge in [0.1, 0.15) is 11.6 Å². The van der Waals surface area contributed by atoms with Crippen LogP contribution in [0.2, 0.25) is 0 Å². The maximum Gasteiger partial charge on any atom is 0.319 e. The zero-order valence-corrected chi connectivity index (χ0v) is 21.4. The summed E-state index contributed by atoms with van der Waals surface area (Å²) in [4.78, 5) is 37.4. The SMILES string of the molecule is CCNC(=O)Nc1ccc(-c2cncc(N[C@@H](C)c3cccc(NC(=O)c4cccnc4)c3)n2)cc1OC. The molecule has 0 aliphatic heterocycles. The summed E-state index contributed by atoms with van der Waals surface area (Å²) in [5, 5.41) is 11.7. The fraction of sp³-hybridized carbons (Fsp3) is 0.179. The van der Waals surface area contributed by atoms with E-state index < -0.39 is 0 Å². The lowest BCUT2D eigenvalue weighted by atomic mass is 10.1. The number of nitrogens with one attached hydrogen (secondary N) is 4. The first-order valence-corrected chi connectivity index (χ1v) is 12.1. The maximum atomic E-state index is 12.5. The number of pyridine rings is 1. The fourth-order valence-corrected chi connectivity index (χ4v) is 3.75. The summed E-state index contributed by atoms with van der Waals surface area (Å²) >= 11 is 0. The van der Waals surface area contributed by atoms with E-state index in [4.69, 9.17) is 9.72 Å². The molecule has 0 aliphatic carbocycles. The quantitative estimate of drug-likeness (QED) is 0.246. The molecule has 2 aromatic carbocycles. The summed E-state index contributed by atoms with van der Waals surface area (Å²) in [6.45, 7) is 4.37. The first-order valence-electron chi connectivity index (χ1n) is 12.1. The molecule has 38 heavy (non-hydrogen) atoms. The van der Waals surface area contributed by atoms with Gasteiger partial charge < -0.3 is 26.0 Å². The van der Waals surface area contributed by atoms with E-state index in [1.165, 1.54) is 6.20 Å². The number of hydrogen-bond donors (Lipinski definition) is 4. The van der Waals surface area contributed by atoms with Crippen molar-refractivity contribution in [3.63, 3.8) is 0 Å². The van der Waals surface area contributed by atoms with Gasteiger partial charge in [0.2, 0.25) is 0 Å². The predicted octanol–water partition coefficient (Wildman–Crippen LogP) is 5.11. The van der Waals surface area contributed by atoms with E-state index in [2.05, 4.69) is 31.2 Å². The van der Waals surface area contributed by atoms with Crippen molar-refractivity contribution in [1.29, 1.82) is 0 Å². The number of ether oxygens (including phenoxy) is 1. The minimum absolute atomic E-state index is 0.118. The number of amides is 3. The predicted molar refractivity (Wildman–Crippen MR) is 147 cm³/mol. The summed E-state index contributed by atoms with van der Waals surface area (Å²) in [5.74, 6) is 0.868. The van der Waals surface area contributed by atoms with Gasteiger partial charge in [0.25, 0.3) is 5.91 Å². The number of benzene rings is 2. The van der Waals surface area contributed by atoms with Crippen LogP contribution in [-0.2, 0) is 0 Å². The number of anilines is 3. The number of urea groups is 1. The highest BCUT2D eigenvalue weighted by molar-refractivity contribution is 6.04. The molecule has 4 rings (SSSR count). The molecule has 10 nitrogen and oxygen atoms in total. The lowest BCUT2D eigenvalue weighted by molar-refractivity contribution is 0.102. The maximum absolute atomic E-state index is 12.5. The van der Waals surface area contributed by atoms with E-state index in [0.717, 1.165) is 11.1 Å². The standard InChI is InChI=1S/C28H29N7O3/c1-4-31-28(37)35-23-11-10-20(14-25(23)38-3)24-16-30-17-26(34-24)32-18(2)19-7-5-9-22(13-19)33-27(36)21-8-6-12-29-15-21/h5-18H,4H2,1-3H3,(H,32,34)(H,33,36)(H2,31,35,37)/t18-/m0/s1. The van der Waals surface area contributed by atoms with Crippen molar-refractivity contribution in [2.24, 2.45) is 0 Å². The summed E-state index contributed by atoms with van der Waals surface area (Å²) in [6, 6.07) is 16.0. The van der Waals surface area contributed by atoms with Crippen molar-refractivity contribution in [2.75, 3.05) is 29.6 Å². The Kier molecular flexibility index (Phi) is 8.45. The highest BCUT2D eigenvalue weighted by Crippen LogP contribution is 2.30. The third-order valence-electron chi connectivity index (χ3n) is 5.65. The Bertz CT molecular complexity index is 1410. The first kappa shape index (κ1) is 26.1. The molecule has 2 heterocycles. The van der Waals surface area contributed by atoms with Gasteiger partial charge in [-0.25, -0.2) is 9.78 Å². The molecule has 0 fully saturated rings. The van der Waals surface area contributed by atoms with Gasteiger partial charge in [0, 0.05) is 30.2 Å². The molecule has 3 amide bonds. The van der Waals surface area contributed by atoms with Gasteiger partial charge >= 0.3 is 6.03 Å². The molecule has 0 saturated carbocycles. The Morgan fingerprint density at radius 3 is 2.61 bits per heavy atom. The van der Waals surface area contributed by atoms with Crippen molar-refractivity contribution in [2.45, 2.75) is 19.9 Å². The highest BCUT2D eigenvalue weighted by atomic mass is 16.5. The Balaban J connectivity index is 1.47. The zero-order chi connectivity index (χ0) is 26.9. The van der Waals surface area contributed by atoms with Crippen LogP contribution in [0.3, 0.4) is 0 Å². The molecule has 0 unspecified atom stereocenters. The van der Waals surface area contributed by atoms with Gasteiger partial charge in [-0.3, -0.25) is 14.8 Å². The van der Waals surface area contributed by atoms with Crippen LogP contribution in [0, 0.1) is 0 Å². The second-order valence-corrected chi connectivity index (χ2v) is 8.38. The Labute approximate surface area is 220 Å². The van der Waals surface area contributed by atoms with Crippen molar-refractivity contribution < 1.29 is 14.3 Å². The number of methoxy groups -OCH3 is 1. The summed E-state index contributed by atoms with van der Waals surface area (Å²) in [7, 11) is 1.54. The second-order valence-electron chi connectivity index (χ2n) is 8.38. The van der Waals surface area contributed by atoms with Gasteiger partial charge in [-0.05, 0) is 55.8 Å². The molecule has 2 aromatic heterocycles. The van der Waals surface area contributed by atoms with E-state index in [1.807, 2.05) is 44.2 Å². The van der Waals surface area contributed by atoms with Crippen LogP contribution in [0.15, 0.2) is 79.4 Å². The van der Waals surface area contributed by atoms with E-state index in [9.17, 15) is 9.59 Å². The third-order valence-corrected chi connectivity index (χ3v) is 5.65. The minimum Gasteiger partial charge on any atom is -0.495 e. The molecule has 1 atom stereocenters. The van der Waals surface area contributed by atoms with Crippen LogP contribution in [0.5, 0.6) is 5.75 Å². The number of aromatic nitrogens is 3. The molecule has 4 aromatic rings. The van der Waals surface area contributed by atoms with E-state index >= 15 is 0 Å². The number of carbonyl (C=O) groups excluding carboxylic acids is 2. The van der Waals surface area contributed by atoms with Gasteiger partial charge in [0.15, 0.2) is 0 Å². The normalized spacial score (nSPS) is 11.2. The third kappa shape index (κ3) is 6.61. The largest absolute Gasteiger partial charge is 0.495 e. The Morgan fingerprint density at radius 2 is 1.84 bits per heavy atom. The monoisotopic (exact) mass is 511 g/mol. The number of carbonyl (C=O) groups is 2. The van der Waals surface area contributed by atoms with E-state index in [1.54, 1.807) is 50.0 Å². The Morgan fingerprint density at radius 1 is 0.974 bits per heavy atom. The zero-order valence-electron chi connectivity index (χ0n) is 21.4. The van der Waals surface area contributed by atoms with Crippen molar-refractivity contribution in [3.05, 3.63) is 90.5 Å². The highest BCUT2D eigenvalue weighted by Gasteiger charge is 2.13. The van der Waals surface area contributed by atoms with Crippen molar-refractivity contribution >= 4 is 29.1 Å². The molecular weight excluding hydrogens is 482 g/mol. The van der Waals surface area contributed by atoms with Crippen LogP contribution in [0.25, 0.3) is 11.3 Å².